The molecule has 1 aromatic rings. The topological polar surface area (TPSA) is 92.9 Å². The second-order valence-corrected chi connectivity index (χ2v) is 4.16. The monoisotopic (exact) mass is 282 g/mol. The number of para-hydroxylation sites is 1. The fraction of sp³-hybridized carbons (Fsp3) is 0.462. The van der Waals surface area contributed by atoms with Gasteiger partial charge in [-0.1, -0.05) is 18.2 Å². The number of ether oxygens (including phenoxy) is 1. The smallest absolute Gasteiger partial charge is 0.273 e. The van der Waals surface area contributed by atoms with Crippen LogP contribution in [0.15, 0.2) is 24.3 Å². The van der Waals surface area contributed by atoms with Gasteiger partial charge in [0.1, 0.15) is 0 Å². The first kappa shape index (κ1) is 16.1. The first-order valence-corrected chi connectivity index (χ1v) is 6.20. The lowest BCUT2D eigenvalue weighted by atomic mass is 10.1. The van der Waals surface area contributed by atoms with Gasteiger partial charge in [0.25, 0.3) is 5.69 Å². The molecule has 1 aromatic carbocycles. The van der Waals surface area contributed by atoms with Crippen molar-refractivity contribution in [2.75, 3.05) is 33.4 Å². The number of carbonyl (C=O) groups is 1. The summed E-state index contributed by atoms with van der Waals surface area (Å²) >= 11 is 0. The number of aliphatic hydroxyl groups is 1. The summed E-state index contributed by atoms with van der Waals surface area (Å²) in [5.74, 6) is -0.273. The summed E-state index contributed by atoms with van der Waals surface area (Å²) in [5, 5.41) is 19.8. The molecule has 7 nitrogen and oxygen atoms in total. The van der Waals surface area contributed by atoms with Crippen molar-refractivity contribution in [3.8, 4) is 0 Å². The van der Waals surface area contributed by atoms with E-state index in [0.717, 1.165) is 0 Å². The van der Waals surface area contributed by atoms with Crippen molar-refractivity contribution >= 4 is 11.6 Å². The van der Waals surface area contributed by atoms with Crippen LogP contribution in [0, 0.1) is 10.1 Å². The number of carbonyl (C=O) groups excluding carboxylic acids is 1. The summed E-state index contributed by atoms with van der Waals surface area (Å²) < 4.78 is 4.90. The van der Waals surface area contributed by atoms with E-state index in [4.69, 9.17) is 9.84 Å². The van der Waals surface area contributed by atoms with Gasteiger partial charge in [-0.25, -0.2) is 0 Å². The summed E-state index contributed by atoms with van der Waals surface area (Å²) in [6, 6.07) is 6.14. The lowest BCUT2D eigenvalue weighted by molar-refractivity contribution is -0.385. The van der Waals surface area contributed by atoms with E-state index in [-0.39, 0.29) is 31.2 Å². The third-order valence-corrected chi connectivity index (χ3v) is 2.82. The zero-order valence-electron chi connectivity index (χ0n) is 11.3. The minimum atomic E-state index is -0.506. The molecule has 0 aliphatic heterocycles. The molecule has 0 atom stereocenters. The maximum absolute atomic E-state index is 12.1. The van der Waals surface area contributed by atoms with E-state index >= 15 is 0 Å². The van der Waals surface area contributed by atoms with Crippen molar-refractivity contribution < 1.29 is 19.6 Å². The SMILES string of the molecule is COCCN(CCO)C(=O)Cc1ccccc1[N+](=O)[O-]. The molecular formula is C13H18N2O5. The van der Waals surface area contributed by atoms with Crippen molar-refractivity contribution in [3.05, 3.63) is 39.9 Å². The van der Waals surface area contributed by atoms with Gasteiger partial charge in [0.15, 0.2) is 0 Å². The molecule has 0 aromatic heterocycles. The van der Waals surface area contributed by atoms with E-state index in [9.17, 15) is 14.9 Å². The number of benzene rings is 1. The van der Waals surface area contributed by atoms with Gasteiger partial charge in [-0.15, -0.1) is 0 Å². The normalized spacial score (nSPS) is 10.3. The third kappa shape index (κ3) is 4.60. The van der Waals surface area contributed by atoms with Gasteiger partial charge < -0.3 is 14.7 Å². The minimum Gasteiger partial charge on any atom is -0.395 e. The van der Waals surface area contributed by atoms with Crippen LogP contribution in [-0.2, 0) is 16.0 Å². The molecule has 0 bridgehead atoms. The first-order valence-electron chi connectivity index (χ1n) is 6.20. The predicted octanol–water partition coefficient (Wildman–Crippen LogP) is 0.605. The van der Waals surface area contributed by atoms with Crippen LogP contribution in [0.4, 0.5) is 5.69 Å². The van der Waals surface area contributed by atoms with E-state index in [2.05, 4.69) is 0 Å². The summed E-state index contributed by atoms with van der Waals surface area (Å²) in [4.78, 5) is 23.9. The van der Waals surface area contributed by atoms with Crippen molar-refractivity contribution in [2.24, 2.45) is 0 Å². The Morgan fingerprint density at radius 1 is 1.40 bits per heavy atom. The van der Waals surface area contributed by atoms with Crippen molar-refractivity contribution in [1.82, 2.24) is 4.90 Å². The maximum atomic E-state index is 12.1. The third-order valence-electron chi connectivity index (χ3n) is 2.82. The van der Waals surface area contributed by atoms with E-state index in [1.807, 2.05) is 0 Å². The molecule has 0 fully saturated rings. The van der Waals surface area contributed by atoms with Crippen LogP contribution in [0.1, 0.15) is 5.56 Å². The molecule has 0 radical (unpaired) electrons. The lowest BCUT2D eigenvalue weighted by Gasteiger charge is -2.21. The van der Waals surface area contributed by atoms with Crippen LogP contribution in [0.2, 0.25) is 0 Å². The molecule has 0 saturated carbocycles. The van der Waals surface area contributed by atoms with Crippen LogP contribution in [-0.4, -0.2) is 54.3 Å². The van der Waals surface area contributed by atoms with E-state index < -0.39 is 4.92 Å². The van der Waals surface area contributed by atoms with Gasteiger partial charge in [0.2, 0.25) is 5.91 Å². The molecule has 7 heteroatoms. The van der Waals surface area contributed by atoms with Crippen LogP contribution in [0.5, 0.6) is 0 Å². The number of rotatable bonds is 8. The standard InChI is InChI=1S/C13H18N2O5/c1-20-9-7-14(6-8-16)13(17)10-11-4-2-3-5-12(11)15(18)19/h2-5,16H,6-10H2,1H3. The van der Waals surface area contributed by atoms with Crippen LogP contribution < -0.4 is 0 Å². The molecule has 1 amide bonds. The highest BCUT2D eigenvalue weighted by molar-refractivity contribution is 5.80. The number of aliphatic hydroxyl groups excluding tert-OH is 1. The fourth-order valence-electron chi connectivity index (χ4n) is 1.80. The molecular weight excluding hydrogens is 264 g/mol. The van der Waals surface area contributed by atoms with Gasteiger partial charge in [-0.3, -0.25) is 14.9 Å². The summed E-state index contributed by atoms with van der Waals surface area (Å²) in [5.41, 5.74) is 0.291. The van der Waals surface area contributed by atoms with E-state index in [1.54, 1.807) is 18.2 Å². The van der Waals surface area contributed by atoms with Crippen LogP contribution in [0.25, 0.3) is 0 Å². The Hall–Kier alpha value is -1.99. The Bertz CT molecular complexity index is 464. The Labute approximate surface area is 116 Å². The average molecular weight is 282 g/mol. The maximum Gasteiger partial charge on any atom is 0.273 e. The summed E-state index contributed by atoms with van der Waals surface area (Å²) in [6.45, 7) is 0.717. The van der Waals surface area contributed by atoms with Gasteiger partial charge in [-0.2, -0.15) is 0 Å². The molecule has 0 spiro atoms. The minimum absolute atomic E-state index is 0.0686. The molecule has 0 unspecified atom stereocenters. The molecule has 20 heavy (non-hydrogen) atoms. The van der Waals surface area contributed by atoms with Crippen molar-refractivity contribution in [3.63, 3.8) is 0 Å². The van der Waals surface area contributed by atoms with E-state index in [0.29, 0.717) is 18.7 Å². The van der Waals surface area contributed by atoms with Gasteiger partial charge >= 0.3 is 0 Å². The molecule has 110 valence electrons. The highest BCUT2D eigenvalue weighted by Gasteiger charge is 2.19. The largest absolute Gasteiger partial charge is 0.395 e. The number of amides is 1. The van der Waals surface area contributed by atoms with Crippen molar-refractivity contribution in [2.45, 2.75) is 6.42 Å². The summed E-state index contributed by atoms with van der Waals surface area (Å²) in [6.07, 6.45) is -0.0686. The Kier molecular flexibility index (Phi) is 6.61. The van der Waals surface area contributed by atoms with Crippen LogP contribution >= 0.6 is 0 Å². The molecule has 0 heterocycles. The van der Waals surface area contributed by atoms with Gasteiger partial charge in [0, 0.05) is 31.8 Å². The zero-order chi connectivity index (χ0) is 15.0. The highest BCUT2D eigenvalue weighted by atomic mass is 16.6. The van der Waals surface area contributed by atoms with E-state index in [1.165, 1.54) is 18.1 Å². The molecule has 0 aliphatic rings. The van der Waals surface area contributed by atoms with Gasteiger partial charge in [0.05, 0.1) is 24.6 Å². The first-order chi connectivity index (χ1) is 9.60. The molecule has 1 N–H and O–H groups in total. The Balaban J connectivity index is 2.79. The lowest BCUT2D eigenvalue weighted by Crippen LogP contribution is -2.37. The average Bonchev–Trinajstić information content (AvgIpc) is 2.43. The van der Waals surface area contributed by atoms with Crippen molar-refractivity contribution in [1.29, 1.82) is 0 Å². The number of nitrogens with zero attached hydrogens (tertiary/aromatic N) is 2. The van der Waals surface area contributed by atoms with Gasteiger partial charge in [-0.05, 0) is 0 Å². The Morgan fingerprint density at radius 3 is 2.70 bits per heavy atom. The zero-order valence-corrected chi connectivity index (χ0v) is 11.3. The molecule has 1 rings (SSSR count). The number of nitro groups is 1. The quantitative estimate of drug-likeness (QED) is 0.557. The second-order valence-electron chi connectivity index (χ2n) is 4.16. The number of methoxy groups -OCH3 is 1. The Morgan fingerprint density at radius 2 is 2.10 bits per heavy atom. The summed E-state index contributed by atoms with van der Waals surface area (Å²) in [7, 11) is 1.52. The molecule has 0 saturated heterocycles. The number of hydrogen-bond donors (Lipinski definition) is 1. The van der Waals surface area contributed by atoms with Crippen LogP contribution in [0.3, 0.4) is 0 Å². The highest BCUT2D eigenvalue weighted by Crippen LogP contribution is 2.18. The number of hydrogen-bond acceptors (Lipinski definition) is 5. The molecule has 0 aliphatic carbocycles. The number of nitro benzene ring substituents is 1. The predicted molar refractivity (Wildman–Crippen MR) is 72.3 cm³/mol. The second kappa shape index (κ2) is 8.23. The fourth-order valence-corrected chi connectivity index (χ4v) is 1.80.